The zero-order chi connectivity index (χ0) is 13.6. The van der Waals surface area contributed by atoms with Gasteiger partial charge in [0, 0.05) is 11.0 Å². The molecule has 0 saturated heterocycles. The lowest BCUT2D eigenvalue weighted by molar-refractivity contribution is -0.126. The van der Waals surface area contributed by atoms with E-state index in [1.807, 2.05) is 31.2 Å². The molecule has 1 atom stereocenters. The highest BCUT2D eigenvalue weighted by molar-refractivity contribution is 9.10. The highest BCUT2D eigenvalue weighted by Crippen LogP contribution is 2.11. The van der Waals surface area contributed by atoms with E-state index in [4.69, 9.17) is 5.73 Å². The number of carbonyl (C=O) groups excluding carboxylic acids is 1. The molecule has 0 spiro atoms. The summed E-state index contributed by atoms with van der Waals surface area (Å²) in [7, 11) is 0. The van der Waals surface area contributed by atoms with Crippen molar-refractivity contribution < 1.29 is 4.79 Å². The largest absolute Gasteiger partial charge is 0.354 e. The van der Waals surface area contributed by atoms with Gasteiger partial charge < -0.3 is 11.1 Å². The monoisotopic (exact) mass is 312 g/mol. The van der Waals surface area contributed by atoms with E-state index in [-0.39, 0.29) is 5.91 Å². The van der Waals surface area contributed by atoms with Crippen LogP contribution in [0, 0.1) is 0 Å². The van der Waals surface area contributed by atoms with Crippen molar-refractivity contribution in [2.45, 2.75) is 38.6 Å². The van der Waals surface area contributed by atoms with Gasteiger partial charge in [0.1, 0.15) is 0 Å². The minimum absolute atomic E-state index is 0.0681. The van der Waals surface area contributed by atoms with Crippen molar-refractivity contribution in [3.05, 3.63) is 34.3 Å². The first-order valence-corrected chi connectivity index (χ1v) is 7.06. The van der Waals surface area contributed by atoms with E-state index < -0.39 is 5.54 Å². The number of halogens is 1. The lowest BCUT2D eigenvalue weighted by Crippen LogP contribution is -2.51. The van der Waals surface area contributed by atoms with Crippen molar-refractivity contribution in [3.63, 3.8) is 0 Å². The average molecular weight is 313 g/mol. The molecular formula is C14H21BrN2O. The first-order valence-electron chi connectivity index (χ1n) is 6.27. The standard InChI is InChI=1S/C14H21BrN2O/c1-3-9-14(2,16)13(18)17-10-8-11-4-6-12(15)7-5-11/h4-7H,3,8-10,16H2,1-2H3,(H,17,18). The van der Waals surface area contributed by atoms with E-state index in [1.165, 1.54) is 5.56 Å². The van der Waals surface area contributed by atoms with Crippen molar-refractivity contribution in [2.24, 2.45) is 5.73 Å². The van der Waals surface area contributed by atoms with E-state index in [9.17, 15) is 4.79 Å². The van der Waals surface area contributed by atoms with E-state index in [0.29, 0.717) is 13.0 Å². The summed E-state index contributed by atoms with van der Waals surface area (Å²) in [6.07, 6.45) is 2.44. The highest BCUT2D eigenvalue weighted by atomic mass is 79.9. The van der Waals surface area contributed by atoms with Crippen LogP contribution in [0.4, 0.5) is 0 Å². The second kappa shape index (κ2) is 6.90. The van der Waals surface area contributed by atoms with Gasteiger partial charge in [-0.05, 0) is 37.5 Å². The van der Waals surface area contributed by atoms with Gasteiger partial charge in [-0.25, -0.2) is 0 Å². The van der Waals surface area contributed by atoms with Gasteiger partial charge >= 0.3 is 0 Å². The number of rotatable bonds is 6. The van der Waals surface area contributed by atoms with E-state index >= 15 is 0 Å². The number of nitrogens with two attached hydrogens (primary N) is 1. The lowest BCUT2D eigenvalue weighted by Gasteiger charge is -2.22. The molecule has 100 valence electrons. The number of carbonyl (C=O) groups is 1. The molecule has 1 rings (SSSR count). The third-order valence-corrected chi connectivity index (χ3v) is 3.43. The molecule has 3 nitrogen and oxygen atoms in total. The number of amides is 1. The molecule has 0 saturated carbocycles. The van der Waals surface area contributed by atoms with Crippen LogP contribution in [-0.4, -0.2) is 18.0 Å². The van der Waals surface area contributed by atoms with Crippen LogP contribution in [0.2, 0.25) is 0 Å². The molecule has 0 radical (unpaired) electrons. The van der Waals surface area contributed by atoms with Gasteiger partial charge in [-0.1, -0.05) is 41.4 Å². The lowest BCUT2D eigenvalue weighted by atomic mass is 9.96. The third kappa shape index (κ3) is 4.78. The van der Waals surface area contributed by atoms with Crippen LogP contribution in [0.1, 0.15) is 32.3 Å². The third-order valence-electron chi connectivity index (χ3n) is 2.90. The van der Waals surface area contributed by atoms with Crippen molar-refractivity contribution in [2.75, 3.05) is 6.54 Å². The molecule has 1 unspecified atom stereocenters. The Morgan fingerprint density at radius 2 is 2.00 bits per heavy atom. The molecule has 0 bridgehead atoms. The summed E-state index contributed by atoms with van der Waals surface area (Å²) in [5.74, 6) is -0.0681. The fourth-order valence-electron chi connectivity index (χ4n) is 1.81. The molecule has 4 heteroatoms. The summed E-state index contributed by atoms with van der Waals surface area (Å²) in [6, 6.07) is 8.09. The maximum Gasteiger partial charge on any atom is 0.239 e. The SMILES string of the molecule is CCCC(C)(N)C(=O)NCCc1ccc(Br)cc1. The molecule has 0 aliphatic rings. The molecule has 0 heterocycles. The Balaban J connectivity index is 2.37. The number of nitrogens with one attached hydrogen (secondary N) is 1. The Morgan fingerprint density at radius 3 is 2.56 bits per heavy atom. The van der Waals surface area contributed by atoms with Crippen LogP contribution in [0.5, 0.6) is 0 Å². The quantitative estimate of drug-likeness (QED) is 0.848. The van der Waals surface area contributed by atoms with Gasteiger partial charge in [-0.2, -0.15) is 0 Å². The molecule has 0 aliphatic heterocycles. The normalized spacial score (nSPS) is 14.0. The van der Waals surface area contributed by atoms with Gasteiger partial charge in [-0.15, -0.1) is 0 Å². The summed E-state index contributed by atoms with van der Waals surface area (Å²) >= 11 is 3.39. The molecule has 0 aromatic heterocycles. The second-order valence-corrected chi connectivity index (χ2v) is 5.72. The first kappa shape index (κ1) is 15.2. The van der Waals surface area contributed by atoms with Crippen LogP contribution >= 0.6 is 15.9 Å². The zero-order valence-electron chi connectivity index (χ0n) is 11.0. The number of benzene rings is 1. The molecule has 1 aromatic carbocycles. The smallest absolute Gasteiger partial charge is 0.239 e. The van der Waals surface area contributed by atoms with E-state index in [2.05, 4.69) is 21.2 Å². The minimum Gasteiger partial charge on any atom is -0.354 e. The summed E-state index contributed by atoms with van der Waals surface area (Å²) in [6.45, 7) is 4.43. The van der Waals surface area contributed by atoms with Crippen molar-refractivity contribution in [1.82, 2.24) is 5.32 Å². The van der Waals surface area contributed by atoms with Crippen molar-refractivity contribution >= 4 is 21.8 Å². The second-order valence-electron chi connectivity index (χ2n) is 4.80. The maximum atomic E-state index is 11.9. The molecule has 0 fully saturated rings. The van der Waals surface area contributed by atoms with Gasteiger partial charge in [-0.3, -0.25) is 4.79 Å². The number of hydrogen-bond donors (Lipinski definition) is 2. The predicted molar refractivity (Wildman–Crippen MR) is 78.4 cm³/mol. The van der Waals surface area contributed by atoms with Crippen LogP contribution in [0.25, 0.3) is 0 Å². The van der Waals surface area contributed by atoms with Crippen LogP contribution in [-0.2, 0) is 11.2 Å². The molecular weight excluding hydrogens is 292 g/mol. The number of hydrogen-bond acceptors (Lipinski definition) is 2. The minimum atomic E-state index is -0.755. The molecule has 1 amide bonds. The Hall–Kier alpha value is -0.870. The van der Waals surface area contributed by atoms with Crippen LogP contribution in [0.15, 0.2) is 28.7 Å². The van der Waals surface area contributed by atoms with Crippen molar-refractivity contribution in [3.8, 4) is 0 Å². The summed E-state index contributed by atoms with van der Waals surface area (Å²) in [4.78, 5) is 11.9. The molecule has 0 aliphatic carbocycles. The van der Waals surface area contributed by atoms with Crippen molar-refractivity contribution in [1.29, 1.82) is 0 Å². The Bertz CT molecular complexity index is 387. The molecule has 18 heavy (non-hydrogen) atoms. The fourth-order valence-corrected chi connectivity index (χ4v) is 2.07. The Kier molecular flexibility index (Phi) is 5.82. The summed E-state index contributed by atoms with van der Waals surface area (Å²) in [5.41, 5.74) is 6.40. The van der Waals surface area contributed by atoms with Crippen LogP contribution in [0.3, 0.4) is 0 Å². The average Bonchev–Trinajstić information content (AvgIpc) is 2.31. The van der Waals surface area contributed by atoms with Gasteiger partial charge in [0.2, 0.25) is 5.91 Å². The zero-order valence-corrected chi connectivity index (χ0v) is 12.6. The fraction of sp³-hybridized carbons (Fsp3) is 0.500. The summed E-state index contributed by atoms with van der Waals surface area (Å²) in [5, 5.41) is 2.90. The summed E-state index contributed by atoms with van der Waals surface area (Å²) < 4.78 is 1.06. The van der Waals surface area contributed by atoms with Gasteiger partial charge in [0.05, 0.1) is 5.54 Å². The molecule has 3 N–H and O–H groups in total. The van der Waals surface area contributed by atoms with E-state index in [0.717, 1.165) is 17.3 Å². The molecule has 1 aromatic rings. The van der Waals surface area contributed by atoms with Gasteiger partial charge in [0.25, 0.3) is 0 Å². The maximum absolute atomic E-state index is 11.9. The topological polar surface area (TPSA) is 55.1 Å². The Labute approximate surface area is 117 Å². The predicted octanol–water partition coefficient (Wildman–Crippen LogP) is 2.63. The highest BCUT2D eigenvalue weighted by Gasteiger charge is 2.26. The van der Waals surface area contributed by atoms with Gasteiger partial charge in [0.15, 0.2) is 0 Å². The Morgan fingerprint density at radius 1 is 1.39 bits per heavy atom. The first-order chi connectivity index (χ1) is 8.45. The van der Waals surface area contributed by atoms with E-state index in [1.54, 1.807) is 6.92 Å². The van der Waals surface area contributed by atoms with Crippen LogP contribution < -0.4 is 11.1 Å².